The van der Waals surface area contributed by atoms with Crippen LogP contribution in [0.2, 0.25) is 0 Å². The summed E-state index contributed by atoms with van der Waals surface area (Å²) in [5, 5.41) is 32.9. The van der Waals surface area contributed by atoms with E-state index in [0.29, 0.717) is 23.3 Å². The second-order valence-corrected chi connectivity index (χ2v) is 13.6. The fourth-order valence-electron chi connectivity index (χ4n) is 3.70. The van der Waals surface area contributed by atoms with Crippen LogP contribution in [0.15, 0.2) is 41.8 Å². The second kappa shape index (κ2) is 18.6. The number of carboxylic acids is 1. The van der Waals surface area contributed by atoms with E-state index in [9.17, 15) is 28.5 Å². The van der Waals surface area contributed by atoms with Crippen LogP contribution in [0.3, 0.4) is 0 Å². The van der Waals surface area contributed by atoms with E-state index in [1.807, 2.05) is 13.2 Å². The van der Waals surface area contributed by atoms with Crippen molar-refractivity contribution in [3.8, 4) is 0 Å². The second-order valence-electron chi connectivity index (χ2n) is 9.39. The molecule has 5 atom stereocenters. The topological polar surface area (TPSA) is 372 Å². The molecule has 0 saturated carbocycles. The third-order valence-corrected chi connectivity index (χ3v) is 7.30. The Labute approximate surface area is 278 Å². The zero-order chi connectivity index (χ0) is 37.0. The molecule has 3 aromatic rings. The number of fused-ring (bicyclic) bond motifs is 1. The van der Waals surface area contributed by atoms with Gasteiger partial charge in [0.25, 0.3) is 10.1 Å². The van der Waals surface area contributed by atoms with Crippen LogP contribution in [0.1, 0.15) is 18.2 Å². The zero-order valence-corrected chi connectivity index (χ0v) is 28.1. The molecule has 272 valence electrons. The number of aliphatic carboxylic acids is 1. The van der Waals surface area contributed by atoms with Gasteiger partial charge in [0.05, 0.1) is 11.2 Å². The Kier molecular flexibility index (Phi) is 16.6. The molecule has 4 rings (SSSR count). The number of aryl methyl sites for hydroxylation is 1. The van der Waals surface area contributed by atoms with Crippen LogP contribution in [-0.4, -0.2) is 132 Å². The van der Waals surface area contributed by atoms with Crippen molar-refractivity contribution in [1.82, 2.24) is 24.8 Å². The van der Waals surface area contributed by atoms with Crippen molar-refractivity contribution in [2.45, 2.75) is 48.8 Å². The molecule has 0 aliphatic carbocycles. The largest absolute Gasteiger partial charge is 0.480 e. The van der Waals surface area contributed by atoms with E-state index in [1.165, 1.54) is 29.4 Å². The Balaban J connectivity index is 0.000000447. The van der Waals surface area contributed by atoms with Gasteiger partial charge in [-0.2, -0.15) is 37.0 Å². The number of carboxylic acid groups (broad SMARTS) is 1. The lowest BCUT2D eigenvalue weighted by Gasteiger charge is -2.19. The number of nitrogens with zero attached hydrogens (tertiary/aromatic N) is 4. The average molecular weight is 767 g/mol. The number of nitrogens with one attached hydrogen (secondary N) is 1. The first kappa shape index (κ1) is 42.9. The van der Waals surface area contributed by atoms with E-state index in [2.05, 4.69) is 20.3 Å². The lowest BCUT2D eigenvalue weighted by Crippen LogP contribution is -2.44. The Bertz CT molecular complexity index is 1760. The van der Waals surface area contributed by atoms with Gasteiger partial charge in [-0.05, 0) is 37.5 Å². The van der Waals surface area contributed by atoms with Gasteiger partial charge in [0.2, 0.25) is 0 Å². The van der Waals surface area contributed by atoms with Gasteiger partial charge < -0.3 is 31.1 Å². The van der Waals surface area contributed by atoms with Gasteiger partial charge in [-0.3, -0.25) is 32.1 Å². The smallest absolute Gasteiger partial charge is 0.394 e. The van der Waals surface area contributed by atoms with E-state index in [4.69, 9.17) is 50.1 Å². The number of hydrogen-bond donors (Lipinski definition) is 10. The van der Waals surface area contributed by atoms with Gasteiger partial charge in [0.15, 0.2) is 17.7 Å². The number of anilines is 1. The molecule has 0 bridgehead atoms. The summed E-state index contributed by atoms with van der Waals surface area (Å²) in [6.45, 7) is 1.91. The van der Waals surface area contributed by atoms with Crippen LogP contribution in [0, 0.1) is 6.92 Å². The molecule has 1 aliphatic rings. The van der Waals surface area contributed by atoms with Crippen LogP contribution in [0.5, 0.6) is 0 Å². The highest BCUT2D eigenvalue weighted by molar-refractivity contribution is 7.98. The quantitative estimate of drug-likeness (QED) is 0.114. The van der Waals surface area contributed by atoms with E-state index >= 15 is 0 Å². The standard InChI is InChI=1S/C15H22N6O5S.C7H8O3S.2H2O4S/c1-27-3-2-7(15(24)25)17-4-8-10(22)11(23)14(26-8)21-6-20-9-12(16)18-5-19-13(9)21;1-6-2-4-7(5-3-6)11(8,9)10;2*1-5(2,3)4/h5-8,10-11,14,17,22-23H,2-4H2,1H3,(H,24,25)(H2,16,18,19);2-5H,1H3,(H,8,9,10);2*(H2,1,2,3,4)/t7-,8+,10+,11+,14+;;;/m0.../s1. The van der Waals surface area contributed by atoms with Crippen molar-refractivity contribution < 1.29 is 72.9 Å². The normalized spacial score (nSPS) is 19.9. The van der Waals surface area contributed by atoms with Crippen LogP contribution < -0.4 is 11.1 Å². The predicted molar refractivity (Wildman–Crippen MR) is 167 cm³/mol. The van der Waals surface area contributed by atoms with E-state index in [1.54, 1.807) is 23.9 Å². The van der Waals surface area contributed by atoms with Gasteiger partial charge in [-0.25, -0.2) is 15.0 Å². The molecule has 0 unspecified atom stereocenters. The molecular weight excluding hydrogens is 733 g/mol. The first-order chi connectivity index (χ1) is 21.9. The van der Waals surface area contributed by atoms with Crippen LogP contribution in [0.4, 0.5) is 5.82 Å². The number of benzene rings is 1. The monoisotopic (exact) mass is 766 g/mol. The first-order valence-electron chi connectivity index (χ1n) is 12.8. The minimum atomic E-state index is -4.67. The van der Waals surface area contributed by atoms with Gasteiger partial charge in [-0.1, -0.05) is 17.7 Å². The summed E-state index contributed by atoms with van der Waals surface area (Å²) < 4.78 is 100.0. The number of nitrogen functional groups attached to an aromatic ring is 1. The summed E-state index contributed by atoms with van der Waals surface area (Å²) in [7, 11) is -13.4. The maximum Gasteiger partial charge on any atom is 0.394 e. The molecule has 3 heterocycles. The van der Waals surface area contributed by atoms with Crippen molar-refractivity contribution in [2.75, 3.05) is 24.3 Å². The summed E-state index contributed by atoms with van der Waals surface area (Å²) in [6, 6.07) is 5.23. The number of thioether (sulfide) groups is 1. The van der Waals surface area contributed by atoms with Crippen molar-refractivity contribution in [1.29, 1.82) is 0 Å². The summed E-state index contributed by atoms with van der Waals surface area (Å²) in [5.74, 6) is -0.0876. The molecule has 1 aliphatic heterocycles. The highest BCUT2D eigenvalue weighted by atomic mass is 32.3. The van der Waals surface area contributed by atoms with E-state index < -0.39 is 67.5 Å². The van der Waals surface area contributed by atoms with Gasteiger partial charge in [0.1, 0.15) is 36.2 Å². The maximum absolute atomic E-state index is 11.3. The number of ether oxygens (including phenoxy) is 1. The highest BCUT2D eigenvalue weighted by Gasteiger charge is 2.44. The SMILES string of the molecule is CSCC[C@H](NC[C@H]1O[C@@H](n2cnc3c(N)ncnc32)[C@H](O)[C@@H]1O)C(=O)O.Cc1ccc(S(=O)(=O)O)cc1.O=S(=O)(O)O.O=S(=O)(O)O. The zero-order valence-electron chi connectivity index (χ0n) is 24.8. The lowest BCUT2D eigenvalue weighted by atomic mass is 10.1. The predicted octanol–water partition coefficient (Wildman–Crippen LogP) is -1.24. The highest BCUT2D eigenvalue weighted by Crippen LogP contribution is 2.31. The van der Waals surface area contributed by atoms with Crippen molar-refractivity contribution in [2.24, 2.45) is 0 Å². The molecule has 1 saturated heterocycles. The van der Waals surface area contributed by atoms with Crippen LogP contribution in [-0.2, 0) is 40.4 Å². The molecule has 11 N–H and O–H groups in total. The van der Waals surface area contributed by atoms with Gasteiger partial charge in [0, 0.05) is 6.54 Å². The molecule has 1 aromatic carbocycles. The fraction of sp³-hybridized carbons (Fsp3) is 0.455. The average Bonchev–Trinajstić information content (AvgIpc) is 3.48. The first-order valence-corrected chi connectivity index (χ1v) is 18.4. The molecule has 26 heteroatoms. The third-order valence-electron chi connectivity index (χ3n) is 5.79. The molecular formula is C22H34N6O16S4. The lowest BCUT2D eigenvalue weighted by molar-refractivity contribution is -0.139. The van der Waals surface area contributed by atoms with Crippen molar-refractivity contribution in [3.63, 3.8) is 0 Å². The fourth-order valence-corrected chi connectivity index (χ4v) is 4.65. The van der Waals surface area contributed by atoms with Crippen molar-refractivity contribution in [3.05, 3.63) is 42.5 Å². The van der Waals surface area contributed by atoms with Crippen LogP contribution >= 0.6 is 11.8 Å². The molecule has 2 aromatic heterocycles. The van der Waals surface area contributed by atoms with Gasteiger partial charge >= 0.3 is 26.8 Å². The number of hydrogen-bond acceptors (Lipinski definition) is 16. The summed E-state index contributed by atoms with van der Waals surface area (Å²) >= 11 is 1.55. The number of rotatable bonds is 9. The van der Waals surface area contributed by atoms with Gasteiger partial charge in [-0.15, -0.1) is 0 Å². The summed E-state index contributed by atoms with van der Waals surface area (Å²) in [5.41, 5.74) is 7.45. The number of carbonyl (C=O) groups is 1. The molecule has 48 heavy (non-hydrogen) atoms. The van der Waals surface area contributed by atoms with E-state index in [-0.39, 0.29) is 17.3 Å². The third kappa shape index (κ3) is 15.9. The Morgan fingerprint density at radius 1 is 0.979 bits per heavy atom. The number of nitrogens with two attached hydrogens (primary N) is 1. The summed E-state index contributed by atoms with van der Waals surface area (Å²) in [4.78, 5) is 23.3. The number of aliphatic hydroxyl groups is 2. The number of imidazole rings is 1. The Morgan fingerprint density at radius 2 is 1.52 bits per heavy atom. The molecule has 0 spiro atoms. The Hall–Kier alpha value is -3.12. The summed E-state index contributed by atoms with van der Waals surface area (Å²) in [6.07, 6.45) is 0.858. The molecule has 22 nitrogen and oxygen atoms in total. The van der Waals surface area contributed by atoms with Crippen LogP contribution in [0.25, 0.3) is 11.2 Å². The Morgan fingerprint density at radius 3 is 2.00 bits per heavy atom. The number of aliphatic hydroxyl groups excluding tert-OH is 2. The molecule has 0 radical (unpaired) electrons. The van der Waals surface area contributed by atoms with E-state index in [0.717, 1.165) is 5.56 Å². The molecule has 0 amide bonds. The number of aromatic nitrogens is 4. The molecule has 1 fully saturated rings. The minimum Gasteiger partial charge on any atom is -0.480 e. The maximum atomic E-state index is 11.3. The minimum absolute atomic E-state index is 0.0666. The van der Waals surface area contributed by atoms with Crippen molar-refractivity contribution >= 4 is 65.6 Å².